The van der Waals surface area contributed by atoms with Gasteiger partial charge in [0.1, 0.15) is 17.2 Å². The number of nitrogens with zero attached hydrogens (tertiary/aromatic N) is 5. The molecule has 0 bridgehead atoms. The Morgan fingerprint density at radius 3 is 2.85 bits per heavy atom. The van der Waals surface area contributed by atoms with E-state index >= 15 is 0 Å². The van der Waals surface area contributed by atoms with Crippen molar-refractivity contribution in [3.63, 3.8) is 0 Å². The molecule has 4 aromatic heterocycles. The minimum absolute atomic E-state index is 0.0486. The van der Waals surface area contributed by atoms with Crippen LogP contribution in [0.4, 0.5) is 16.6 Å². The van der Waals surface area contributed by atoms with E-state index in [1.54, 1.807) is 28.9 Å². The van der Waals surface area contributed by atoms with Crippen molar-refractivity contribution in [2.75, 3.05) is 23.4 Å². The Kier molecular flexibility index (Phi) is 5.76. The van der Waals surface area contributed by atoms with Crippen LogP contribution in [0.1, 0.15) is 51.7 Å². The van der Waals surface area contributed by atoms with E-state index in [4.69, 9.17) is 4.74 Å². The Labute approximate surface area is 236 Å². The van der Waals surface area contributed by atoms with Crippen molar-refractivity contribution in [2.45, 2.75) is 46.3 Å². The number of fused-ring (bicyclic) bond motifs is 4. The van der Waals surface area contributed by atoms with Gasteiger partial charge in [-0.1, -0.05) is 25.2 Å². The number of pyridine rings is 2. The van der Waals surface area contributed by atoms with Crippen molar-refractivity contribution in [1.82, 2.24) is 19.1 Å². The predicted octanol–water partition coefficient (Wildman–Crippen LogP) is 4.49. The lowest BCUT2D eigenvalue weighted by Crippen LogP contribution is -2.41. The van der Waals surface area contributed by atoms with E-state index in [1.165, 1.54) is 22.6 Å². The van der Waals surface area contributed by atoms with Gasteiger partial charge in [0.15, 0.2) is 5.13 Å². The highest BCUT2D eigenvalue weighted by Gasteiger charge is 2.37. The van der Waals surface area contributed by atoms with Gasteiger partial charge in [-0.15, -0.1) is 0 Å². The molecule has 1 N–H and O–H groups in total. The van der Waals surface area contributed by atoms with E-state index in [2.05, 4.69) is 46.7 Å². The molecular formula is C30H31N6O3S. The van der Waals surface area contributed by atoms with Gasteiger partial charge in [-0.25, -0.2) is 9.97 Å². The monoisotopic (exact) mass is 555 g/mol. The topological polar surface area (TPSA) is 94.3 Å². The van der Waals surface area contributed by atoms with Crippen LogP contribution >= 0.6 is 11.3 Å². The third kappa shape index (κ3) is 4.08. The summed E-state index contributed by atoms with van der Waals surface area (Å²) in [5, 5.41) is 3.91. The van der Waals surface area contributed by atoms with Gasteiger partial charge in [-0.3, -0.25) is 14.5 Å². The Morgan fingerprint density at radius 1 is 1.18 bits per heavy atom. The number of ether oxygens (including phenoxy) is 1. The maximum Gasteiger partial charge on any atom is 0.276 e. The summed E-state index contributed by atoms with van der Waals surface area (Å²) >= 11 is 1.51. The number of thiazole rings is 1. The van der Waals surface area contributed by atoms with E-state index < -0.39 is 0 Å². The highest BCUT2D eigenvalue weighted by molar-refractivity contribution is 7.15. The number of nitrogens with one attached hydrogen (secondary N) is 1. The number of aromatic nitrogens is 4. The molecule has 205 valence electrons. The molecule has 2 aliphatic heterocycles. The normalized spacial score (nSPS) is 17.5. The van der Waals surface area contributed by atoms with Gasteiger partial charge < -0.3 is 19.2 Å². The predicted molar refractivity (Wildman–Crippen MR) is 155 cm³/mol. The second kappa shape index (κ2) is 9.14. The number of carbonyl (C=O) groups is 1. The second-order valence-electron chi connectivity index (χ2n) is 11.7. The van der Waals surface area contributed by atoms with Crippen LogP contribution in [0.15, 0.2) is 35.4 Å². The van der Waals surface area contributed by atoms with Gasteiger partial charge >= 0.3 is 0 Å². The zero-order chi connectivity index (χ0) is 27.8. The number of amides is 1. The molecule has 0 unspecified atom stereocenters. The summed E-state index contributed by atoms with van der Waals surface area (Å²) in [6.45, 7) is 11.4. The van der Waals surface area contributed by atoms with Crippen molar-refractivity contribution in [3.8, 4) is 11.1 Å². The first-order chi connectivity index (χ1) is 19.2. The summed E-state index contributed by atoms with van der Waals surface area (Å²) in [6, 6.07) is 5.77. The summed E-state index contributed by atoms with van der Waals surface area (Å²) in [5.41, 5.74) is 7.10. The van der Waals surface area contributed by atoms with Crippen LogP contribution in [-0.4, -0.2) is 38.2 Å². The number of aryl methyl sites for hydroxylation is 1. The van der Waals surface area contributed by atoms with Crippen LogP contribution in [0.3, 0.4) is 0 Å². The fourth-order valence-electron chi connectivity index (χ4n) is 6.24. The molecule has 1 radical (unpaired) electrons. The van der Waals surface area contributed by atoms with Gasteiger partial charge in [-0.05, 0) is 54.5 Å². The average molecular weight is 556 g/mol. The van der Waals surface area contributed by atoms with Crippen LogP contribution in [0.25, 0.3) is 11.1 Å². The molecule has 3 aliphatic rings. The third-order valence-corrected chi connectivity index (χ3v) is 9.13. The summed E-state index contributed by atoms with van der Waals surface area (Å²) in [5.74, 6) is 0.499. The fraction of sp³-hybridized carbons (Fsp3) is 0.367. The van der Waals surface area contributed by atoms with Gasteiger partial charge in [0, 0.05) is 55.8 Å². The van der Waals surface area contributed by atoms with Crippen molar-refractivity contribution in [2.24, 2.45) is 12.5 Å². The zero-order valence-corrected chi connectivity index (χ0v) is 23.7. The van der Waals surface area contributed by atoms with Crippen molar-refractivity contribution < 1.29 is 9.53 Å². The van der Waals surface area contributed by atoms with Crippen LogP contribution < -0.4 is 15.8 Å². The van der Waals surface area contributed by atoms with E-state index in [9.17, 15) is 9.59 Å². The van der Waals surface area contributed by atoms with Crippen LogP contribution in [-0.2, 0) is 44.2 Å². The maximum atomic E-state index is 13.7. The van der Waals surface area contributed by atoms with Gasteiger partial charge in [0.2, 0.25) is 0 Å². The SMILES string of the molecule is [CH2]c1c(-c2cc(Nc3nc4c(s3)COCC4)c(=O)n(C)c2)ccnc1N1CCn2c(cc3c2CC(C)(C)C3)C1=O. The summed E-state index contributed by atoms with van der Waals surface area (Å²) < 4.78 is 9.29. The molecule has 9 nitrogen and oxygen atoms in total. The molecule has 10 heteroatoms. The molecule has 0 spiro atoms. The second-order valence-corrected chi connectivity index (χ2v) is 12.7. The van der Waals surface area contributed by atoms with Gasteiger partial charge in [0.05, 0.1) is 23.8 Å². The van der Waals surface area contributed by atoms with Gasteiger partial charge in [-0.2, -0.15) is 0 Å². The largest absolute Gasteiger partial charge is 0.375 e. The molecule has 0 saturated heterocycles. The maximum absolute atomic E-state index is 13.7. The number of hydrogen-bond donors (Lipinski definition) is 1. The number of anilines is 3. The van der Waals surface area contributed by atoms with Crippen molar-refractivity contribution in [1.29, 1.82) is 0 Å². The quantitative estimate of drug-likeness (QED) is 0.399. The molecule has 0 fully saturated rings. The lowest BCUT2D eigenvalue weighted by atomic mass is 9.90. The summed E-state index contributed by atoms with van der Waals surface area (Å²) in [4.78, 5) is 38.8. The average Bonchev–Trinajstić information content (AvgIpc) is 3.57. The number of carbonyl (C=O) groups excluding carboxylic acids is 1. The first-order valence-corrected chi connectivity index (χ1v) is 14.4. The molecule has 6 heterocycles. The lowest BCUT2D eigenvalue weighted by molar-refractivity contribution is 0.0963. The molecule has 0 atom stereocenters. The summed E-state index contributed by atoms with van der Waals surface area (Å²) in [6.07, 6.45) is 6.25. The fourth-order valence-corrected chi connectivity index (χ4v) is 7.20. The minimum Gasteiger partial charge on any atom is -0.375 e. The van der Waals surface area contributed by atoms with Crippen LogP contribution in [0.5, 0.6) is 0 Å². The molecule has 0 saturated carbocycles. The molecule has 7 rings (SSSR count). The smallest absolute Gasteiger partial charge is 0.276 e. The van der Waals surface area contributed by atoms with Crippen LogP contribution in [0.2, 0.25) is 0 Å². The third-order valence-electron chi connectivity index (χ3n) is 8.14. The number of hydrogen-bond acceptors (Lipinski definition) is 7. The molecule has 1 amide bonds. The van der Waals surface area contributed by atoms with E-state index in [1.807, 2.05) is 12.1 Å². The molecule has 40 heavy (non-hydrogen) atoms. The first kappa shape index (κ1) is 25.2. The highest BCUT2D eigenvalue weighted by Crippen LogP contribution is 2.40. The lowest BCUT2D eigenvalue weighted by Gasteiger charge is -2.30. The summed E-state index contributed by atoms with van der Waals surface area (Å²) in [7, 11) is 1.73. The Hall–Kier alpha value is -3.76. The Bertz CT molecular complexity index is 1720. The van der Waals surface area contributed by atoms with Crippen molar-refractivity contribution in [3.05, 3.63) is 81.0 Å². The Morgan fingerprint density at radius 2 is 2.02 bits per heavy atom. The van der Waals surface area contributed by atoms with Gasteiger partial charge in [0.25, 0.3) is 11.5 Å². The molecule has 0 aromatic carbocycles. The van der Waals surface area contributed by atoms with E-state index in [0.717, 1.165) is 53.2 Å². The standard InChI is InChI=1S/C30H31N6O3S/c1-17-20(19-11-22(27(37)34(4)15-19)33-29-32-21-6-10-39-16-25(21)40-29)5-7-31-26(17)36-9-8-35-23(28(36)38)12-18-13-30(2,3)14-24(18)35/h5,7,11-12,15H,1,6,8-10,13-14,16H2,2-4H3,(H,32,33). The van der Waals surface area contributed by atoms with E-state index in [-0.39, 0.29) is 16.9 Å². The zero-order valence-electron chi connectivity index (χ0n) is 22.9. The van der Waals surface area contributed by atoms with E-state index in [0.29, 0.717) is 42.0 Å². The minimum atomic E-state index is -0.156. The Balaban J connectivity index is 1.21. The van der Waals surface area contributed by atoms with Crippen molar-refractivity contribution >= 4 is 33.9 Å². The first-order valence-electron chi connectivity index (χ1n) is 13.6. The van der Waals surface area contributed by atoms with Crippen LogP contribution in [0, 0.1) is 12.3 Å². The molecule has 4 aromatic rings. The molecular weight excluding hydrogens is 524 g/mol. The number of rotatable bonds is 4. The highest BCUT2D eigenvalue weighted by atomic mass is 32.1. The molecule has 1 aliphatic carbocycles.